The highest BCUT2D eigenvalue weighted by atomic mass is 32.2. The Morgan fingerprint density at radius 1 is 1.36 bits per heavy atom. The van der Waals surface area contributed by atoms with Crippen molar-refractivity contribution in [1.82, 2.24) is 0 Å². The molecular weight excluding hydrogens is 198 g/mol. The van der Waals surface area contributed by atoms with Gasteiger partial charge in [0, 0.05) is 6.21 Å². The summed E-state index contributed by atoms with van der Waals surface area (Å²) in [5.41, 5.74) is 1.07. The second-order valence-corrected chi connectivity index (χ2v) is 3.39. The van der Waals surface area contributed by atoms with Gasteiger partial charge in [0.1, 0.15) is 0 Å². The van der Waals surface area contributed by atoms with Crippen LogP contribution in [0.2, 0.25) is 0 Å². The average molecular weight is 209 g/mol. The molecule has 0 amide bonds. The largest absolute Gasteiger partial charge is 0.284 e. The molecule has 0 heterocycles. The summed E-state index contributed by atoms with van der Waals surface area (Å²) in [6.07, 6.45) is 5.04. The van der Waals surface area contributed by atoms with Gasteiger partial charge in [0.25, 0.3) is 11.3 Å². The molecule has 0 aromatic heterocycles. The highest BCUT2D eigenvalue weighted by molar-refractivity contribution is 7.78. The van der Waals surface area contributed by atoms with E-state index < -0.39 is 11.3 Å². The van der Waals surface area contributed by atoms with Gasteiger partial charge in [-0.2, -0.15) is 4.40 Å². The predicted molar refractivity (Wildman–Crippen MR) is 59.1 cm³/mol. The Kier molecular flexibility index (Phi) is 4.82. The summed E-state index contributed by atoms with van der Waals surface area (Å²) in [6.45, 7) is 0. The lowest BCUT2D eigenvalue weighted by atomic mass is 10.2. The Labute approximate surface area is 85.9 Å². The molecule has 14 heavy (non-hydrogen) atoms. The van der Waals surface area contributed by atoms with Crippen molar-refractivity contribution < 1.29 is 8.39 Å². The van der Waals surface area contributed by atoms with E-state index in [1.165, 1.54) is 13.3 Å². The summed E-state index contributed by atoms with van der Waals surface area (Å²) in [4.78, 5) is 0. The van der Waals surface area contributed by atoms with Crippen LogP contribution < -0.4 is 0 Å². The molecule has 1 rings (SSSR count). The number of hydrogen-bond acceptors (Lipinski definition) is 2. The highest BCUT2D eigenvalue weighted by Crippen LogP contribution is 1.99. The van der Waals surface area contributed by atoms with Gasteiger partial charge in [0.2, 0.25) is 0 Å². The van der Waals surface area contributed by atoms with Crippen LogP contribution in [0.25, 0.3) is 6.08 Å². The molecule has 0 aliphatic carbocycles. The van der Waals surface area contributed by atoms with Crippen molar-refractivity contribution in [1.29, 1.82) is 0 Å². The maximum atomic E-state index is 10.7. The Morgan fingerprint density at radius 3 is 2.71 bits per heavy atom. The lowest BCUT2D eigenvalue weighted by molar-refractivity contribution is 0.447. The number of nitrogens with zero attached hydrogens (tertiary/aromatic N) is 1. The van der Waals surface area contributed by atoms with Gasteiger partial charge < -0.3 is 0 Å². The van der Waals surface area contributed by atoms with Crippen LogP contribution in [0.3, 0.4) is 0 Å². The molecular formula is C10H11NO2S. The summed E-state index contributed by atoms with van der Waals surface area (Å²) in [7, 11) is 1.34. The molecule has 0 saturated heterocycles. The smallest absolute Gasteiger partial charge is 0.276 e. The SMILES string of the molecule is COS(=O)/N=C/C=C/c1ccccc1. The van der Waals surface area contributed by atoms with Crippen molar-refractivity contribution in [3.05, 3.63) is 42.0 Å². The van der Waals surface area contributed by atoms with Crippen molar-refractivity contribution >= 4 is 23.6 Å². The summed E-state index contributed by atoms with van der Waals surface area (Å²) in [5.74, 6) is 0. The van der Waals surface area contributed by atoms with E-state index in [4.69, 9.17) is 0 Å². The average Bonchev–Trinajstić information content (AvgIpc) is 2.25. The van der Waals surface area contributed by atoms with Crippen molar-refractivity contribution in [3.8, 4) is 0 Å². The predicted octanol–water partition coefficient (Wildman–Crippen LogP) is 2.00. The zero-order chi connectivity index (χ0) is 10.2. The van der Waals surface area contributed by atoms with E-state index in [0.717, 1.165) is 5.56 Å². The van der Waals surface area contributed by atoms with E-state index in [2.05, 4.69) is 8.58 Å². The van der Waals surface area contributed by atoms with Crippen LogP contribution >= 0.6 is 0 Å². The molecule has 74 valence electrons. The summed E-state index contributed by atoms with van der Waals surface area (Å²) < 4.78 is 18.7. The lowest BCUT2D eigenvalue weighted by Gasteiger charge is -1.88. The van der Waals surface area contributed by atoms with Crippen LogP contribution in [0.15, 0.2) is 40.8 Å². The zero-order valence-corrected chi connectivity index (χ0v) is 8.61. The first-order valence-electron chi connectivity index (χ1n) is 4.05. The third kappa shape index (κ3) is 4.11. The standard InChI is InChI=1S/C10H11NO2S/c1-13-14(12)11-9-5-8-10-6-3-2-4-7-10/h2-9H,1H3/b8-5+,11-9+. The van der Waals surface area contributed by atoms with Crippen molar-refractivity contribution in [2.75, 3.05) is 7.11 Å². The molecule has 0 aliphatic rings. The van der Waals surface area contributed by atoms with Crippen LogP contribution in [0.5, 0.6) is 0 Å². The van der Waals surface area contributed by atoms with Gasteiger partial charge in [-0.25, -0.2) is 4.21 Å². The third-order valence-electron chi connectivity index (χ3n) is 1.46. The first kappa shape index (κ1) is 10.8. The van der Waals surface area contributed by atoms with E-state index in [-0.39, 0.29) is 0 Å². The second-order valence-electron chi connectivity index (χ2n) is 2.41. The van der Waals surface area contributed by atoms with E-state index >= 15 is 0 Å². The van der Waals surface area contributed by atoms with E-state index in [9.17, 15) is 4.21 Å². The molecule has 0 aliphatic heterocycles. The molecule has 0 spiro atoms. The maximum Gasteiger partial charge on any atom is 0.284 e. The molecule has 1 aromatic carbocycles. The minimum atomic E-state index is -1.57. The van der Waals surface area contributed by atoms with Crippen LogP contribution in [0.4, 0.5) is 0 Å². The number of benzene rings is 1. The number of allylic oxidation sites excluding steroid dienone is 1. The monoisotopic (exact) mass is 209 g/mol. The Hall–Kier alpha value is -1.26. The van der Waals surface area contributed by atoms with Gasteiger partial charge in [0.05, 0.1) is 7.11 Å². The van der Waals surface area contributed by atoms with Gasteiger partial charge in [-0.15, -0.1) is 0 Å². The van der Waals surface area contributed by atoms with Crippen LogP contribution in [-0.2, 0) is 15.4 Å². The fourth-order valence-corrected chi connectivity index (χ4v) is 1.10. The van der Waals surface area contributed by atoms with Gasteiger partial charge in [0.15, 0.2) is 0 Å². The summed E-state index contributed by atoms with van der Waals surface area (Å²) in [6, 6.07) is 9.79. The fourth-order valence-electron chi connectivity index (χ4n) is 0.846. The van der Waals surface area contributed by atoms with Gasteiger partial charge in [-0.1, -0.05) is 36.4 Å². The van der Waals surface area contributed by atoms with E-state index in [1.54, 1.807) is 6.08 Å². The molecule has 0 radical (unpaired) electrons. The van der Waals surface area contributed by atoms with Crippen LogP contribution in [0, 0.1) is 0 Å². The number of rotatable bonds is 4. The fraction of sp³-hybridized carbons (Fsp3) is 0.100. The molecule has 0 bridgehead atoms. The topological polar surface area (TPSA) is 38.7 Å². The molecule has 1 aromatic rings. The van der Waals surface area contributed by atoms with Crippen molar-refractivity contribution in [3.63, 3.8) is 0 Å². The molecule has 0 saturated carbocycles. The van der Waals surface area contributed by atoms with E-state index in [1.807, 2.05) is 36.4 Å². The molecule has 0 N–H and O–H groups in total. The minimum Gasteiger partial charge on any atom is -0.276 e. The Morgan fingerprint density at radius 2 is 2.07 bits per heavy atom. The lowest BCUT2D eigenvalue weighted by Crippen LogP contribution is -1.85. The summed E-state index contributed by atoms with van der Waals surface area (Å²) in [5, 5.41) is 0. The van der Waals surface area contributed by atoms with Crippen molar-refractivity contribution in [2.24, 2.45) is 4.40 Å². The first-order valence-corrected chi connectivity index (χ1v) is 5.08. The van der Waals surface area contributed by atoms with Gasteiger partial charge in [-0.05, 0) is 11.6 Å². The highest BCUT2D eigenvalue weighted by Gasteiger charge is 1.85. The maximum absolute atomic E-state index is 10.7. The Bertz CT molecular complexity index is 346. The third-order valence-corrected chi connectivity index (χ3v) is 2.04. The molecule has 4 heteroatoms. The quantitative estimate of drug-likeness (QED) is 0.711. The molecule has 1 atom stereocenters. The first-order chi connectivity index (χ1) is 6.83. The molecule has 3 nitrogen and oxygen atoms in total. The number of hydrogen-bond donors (Lipinski definition) is 0. The van der Waals surface area contributed by atoms with Gasteiger partial charge >= 0.3 is 0 Å². The minimum absolute atomic E-state index is 1.07. The van der Waals surface area contributed by atoms with Crippen LogP contribution in [0.1, 0.15) is 5.56 Å². The van der Waals surface area contributed by atoms with Gasteiger partial charge in [-0.3, -0.25) is 4.18 Å². The van der Waals surface area contributed by atoms with Crippen molar-refractivity contribution in [2.45, 2.75) is 0 Å². The Balaban J connectivity index is 2.50. The van der Waals surface area contributed by atoms with E-state index in [0.29, 0.717) is 0 Å². The molecule has 0 fully saturated rings. The zero-order valence-electron chi connectivity index (χ0n) is 7.79. The summed E-state index contributed by atoms with van der Waals surface area (Å²) >= 11 is -1.57. The normalized spacial score (nSPS) is 13.8. The molecule has 1 unspecified atom stereocenters. The second kappa shape index (κ2) is 6.23. The van der Waals surface area contributed by atoms with Crippen LogP contribution in [-0.4, -0.2) is 17.5 Å².